The molecule has 3 heteroatoms. The largest absolute Gasteiger partial charge is 0.492 e. The summed E-state index contributed by atoms with van der Waals surface area (Å²) in [6.45, 7) is 9.90. The fourth-order valence-electron chi connectivity index (χ4n) is 2.60. The second kappa shape index (κ2) is 7.65. The van der Waals surface area contributed by atoms with E-state index in [0.717, 1.165) is 45.0 Å². The zero-order valence-electron chi connectivity index (χ0n) is 12.9. The summed E-state index contributed by atoms with van der Waals surface area (Å²) in [5, 5.41) is 3.61. The van der Waals surface area contributed by atoms with Gasteiger partial charge in [0, 0.05) is 18.6 Å². The minimum absolute atomic E-state index is 0.386. The van der Waals surface area contributed by atoms with Gasteiger partial charge >= 0.3 is 0 Å². The summed E-state index contributed by atoms with van der Waals surface area (Å²) in [5.41, 5.74) is 2.44. The SMILES string of the molecule is CCCNC(COc1cc(C)ccc1C)C1CCOC1. The van der Waals surface area contributed by atoms with Crippen LogP contribution in [0.4, 0.5) is 0 Å². The molecule has 2 rings (SSSR count). The van der Waals surface area contributed by atoms with Crippen molar-refractivity contribution in [3.63, 3.8) is 0 Å². The summed E-state index contributed by atoms with van der Waals surface area (Å²) in [5.74, 6) is 1.58. The molecule has 0 radical (unpaired) electrons. The number of nitrogens with one attached hydrogen (secondary N) is 1. The van der Waals surface area contributed by atoms with Gasteiger partial charge in [0.2, 0.25) is 0 Å². The summed E-state index contributed by atoms with van der Waals surface area (Å²) in [7, 11) is 0. The highest BCUT2D eigenvalue weighted by atomic mass is 16.5. The third-order valence-corrected chi connectivity index (χ3v) is 3.95. The molecular weight excluding hydrogens is 250 g/mol. The average Bonchev–Trinajstić information content (AvgIpc) is 2.96. The Kier molecular flexibility index (Phi) is 5.86. The zero-order valence-corrected chi connectivity index (χ0v) is 12.9. The fraction of sp³-hybridized carbons (Fsp3) is 0.647. The molecule has 1 N–H and O–H groups in total. The smallest absolute Gasteiger partial charge is 0.122 e. The van der Waals surface area contributed by atoms with E-state index in [2.05, 4.69) is 44.3 Å². The van der Waals surface area contributed by atoms with E-state index in [0.29, 0.717) is 12.0 Å². The molecule has 1 heterocycles. The normalized spacial score (nSPS) is 20.1. The van der Waals surface area contributed by atoms with Crippen molar-refractivity contribution in [2.45, 2.75) is 39.7 Å². The molecule has 0 saturated carbocycles. The molecule has 2 unspecified atom stereocenters. The van der Waals surface area contributed by atoms with Gasteiger partial charge in [-0.15, -0.1) is 0 Å². The third-order valence-electron chi connectivity index (χ3n) is 3.95. The second-order valence-electron chi connectivity index (χ2n) is 5.76. The maximum Gasteiger partial charge on any atom is 0.122 e. The van der Waals surface area contributed by atoms with E-state index in [1.165, 1.54) is 11.1 Å². The summed E-state index contributed by atoms with van der Waals surface area (Å²) < 4.78 is 11.6. The van der Waals surface area contributed by atoms with Crippen molar-refractivity contribution in [3.05, 3.63) is 29.3 Å². The summed E-state index contributed by atoms with van der Waals surface area (Å²) in [6.07, 6.45) is 2.28. The van der Waals surface area contributed by atoms with E-state index in [1.54, 1.807) is 0 Å². The lowest BCUT2D eigenvalue weighted by atomic mass is 9.99. The van der Waals surface area contributed by atoms with Crippen molar-refractivity contribution in [2.24, 2.45) is 5.92 Å². The van der Waals surface area contributed by atoms with Crippen molar-refractivity contribution in [1.29, 1.82) is 0 Å². The molecule has 0 amide bonds. The molecule has 0 aliphatic carbocycles. The van der Waals surface area contributed by atoms with Crippen LogP contribution in [0.1, 0.15) is 30.9 Å². The van der Waals surface area contributed by atoms with E-state index in [1.807, 2.05) is 0 Å². The first kappa shape index (κ1) is 15.3. The lowest BCUT2D eigenvalue weighted by Gasteiger charge is -2.24. The zero-order chi connectivity index (χ0) is 14.4. The molecule has 1 aromatic rings. The highest BCUT2D eigenvalue weighted by Crippen LogP contribution is 2.22. The van der Waals surface area contributed by atoms with Gasteiger partial charge in [-0.2, -0.15) is 0 Å². The first-order valence-corrected chi connectivity index (χ1v) is 7.72. The van der Waals surface area contributed by atoms with Crippen LogP contribution < -0.4 is 10.1 Å². The van der Waals surface area contributed by atoms with Gasteiger partial charge in [0.05, 0.1) is 6.61 Å². The first-order chi connectivity index (χ1) is 9.70. The van der Waals surface area contributed by atoms with Crippen LogP contribution in [0.3, 0.4) is 0 Å². The predicted molar refractivity (Wildman–Crippen MR) is 82.4 cm³/mol. The van der Waals surface area contributed by atoms with Gasteiger partial charge in [-0.25, -0.2) is 0 Å². The van der Waals surface area contributed by atoms with Crippen LogP contribution in [0.15, 0.2) is 18.2 Å². The van der Waals surface area contributed by atoms with Crippen LogP contribution in [0, 0.1) is 19.8 Å². The van der Waals surface area contributed by atoms with E-state index in [-0.39, 0.29) is 0 Å². The Bertz CT molecular complexity index is 413. The van der Waals surface area contributed by atoms with Crippen LogP contribution in [0.2, 0.25) is 0 Å². The summed E-state index contributed by atoms with van der Waals surface area (Å²) in [4.78, 5) is 0. The van der Waals surface area contributed by atoms with Crippen molar-refractivity contribution in [3.8, 4) is 5.75 Å². The third kappa shape index (κ3) is 4.22. The number of ether oxygens (including phenoxy) is 2. The molecule has 1 fully saturated rings. The van der Waals surface area contributed by atoms with Crippen molar-refractivity contribution in [1.82, 2.24) is 5.32 Å². The predicted octanol–water partition coefficient (Wildman–Crippen LogP) is 3.09. The highest BCUT2D eigenvalue weighted by molar-refractivity contribution is 5.35. The minimum atomic E-state index is 0.386. The number of benzene rings is 1. The molecule has 112 valence electrons. The van der Waals surface area contributed by atoms with Gasteiger partial charge in [-0.3, -0.25) is 0 Å². The van der Waals surface area contributed by atoms with E-state index >= 15 is 0 Å². The molecule has 0 aromatic heterocycles. The summed E-state index contributed by atoms with van der Waals surface area (Å²) >= 11 is 0. The Morgan fingerprint density at radius 3 is 2.95 bits per heavy atom. The Morgan fingerprint density at radius 1 is 1.40 bits per heavy atom. The Labute approximate surface area is 122 Å². The number of aryl methyl sites for hydroxylation is 2. The van der Waals surface area contributed by atoms with Crippen LogP contribution in [0.5, 0.6) is 5.75 Å². The molecule has 20 heavy (non-hydrogen) atoms. The Hall–Kier alpha value is -1.06. The number of hydrogen-bond donors (Lipinski definition) is 1. The van der Waals surface area contributed by atoms with E-state index in [4.69, 9.17) is 9.47 Å². The Morgan fingerprint density at radius 2 is 2.25 bits per heavy atom. The van der Waals surface area contributed by atoms with Crippen LogP contribution in [0.25, 0.3) is 0 Å². The lowest BCUT2D eigenvalue weighted by molar-refractivity contribution is 0.160. The first-order valence-electron chi connectivity index (χ1n) is 7.72. The van der Waals surface area contributed by atoms with Gasteiger partial charge in [0.25, 0.3) is 0 Å². The average molecular weight is 277 g/mol. The quantitative estimate of drug-likeness (QED) is 0.831. The van der Waals surface area contributed by atoms with Crippen molar-refractivity contribution >= 4 is 0 Å². The maximum absolute atomic E-state index is 6.07. The summed E-state index contributed by atoms with van der Waals surface area (Å²) in [6, 6.07) is 6.76. The fourth-order valence-corrected chi connectivity index (χ4v) is 2.60. The monoisotopic (exact) mass is 277 g/mol. The minimum Gasteiger partial charge on any atom is -0.492 e. The molecule has 1 aromatic carbocycles. The van der Waals surface area contributed by atoms with E-state index in [9.17, 15) is 0 Å². The standard InChI is InChI=1S/C17H27NO2/c1-4-8-18-16(15-7-9-19-11-15)12-20-17-10-13(2)5-6-14(17)3/h5-6,10,15-16,18H,4,7-9,11-12H2,1-3H3. The topological polar surface area (TPSA) is 30.5 Å². The van der Waals surface area contributed by atoms with Crippen molar-refractivity contribution < 1.29 is 9.47 Å². The van der Waals surface area contributed by atoms with Gasteiger partial charge < -0.3 is 14.8 Å². The molecule has 0 spiro atoms. The van der Waals surface area contributed by atoms with E-state index < -0.39 is 0 Å². The van der Waals surface area contributed by atoms with Crippen molar-refractivity contribution in [2.75, 3.05) is 26.4 Å². The molecule has 1 aliphatic heterocycles. The van der Waals surface area contributed by atoms with Crippen LogP contribution in [-0.2, 0) is 4.74 Å². The molecular formula is C17H27NO2. The molecule has 2 atom stereocenters. The molecule has 1 aliphatic rings. The van der Waals surface area contributed by atoms with Crippen LogP contribution >= 0.6 is 0 Å². The van der Waals surface area contributed by atoms with Gasteiger partial charge in [0.1, 0.15) is 12.4 Å². The lowest BCUT2D eigenvalue weighted by Crippen LogP contribution is -2.41. The number of rotatable bonds is 7. The van der Waals surface area contributed by atoms with Crippen LogP contribution in [-0.4, -0.2) is 32.4 Å². The van der Waals surface area contributed by atoms with Gasteiger partial charge in [-0.05, 0) is 50.4 Å². The molecule has 3 nitrogen and oxygen atoms in total. The molecule has 0 bridgehead atoms. The highest BCUT2D eigenvalue weighted by Gasteiger charge is 2.25. The number of hydrogen-bond acceptors (Lipinski definition) is 3. The maximum atomic E-state index is 6.07. The van der Waals surface area contributed by atoms with Gasteiger partial charge in [0.15, 0.2) is 0 Å². The molecule has 1 saturated heterocycles. The second-order valence-corrected chi connectivity index (χ2v) is 5.76. The Balaban J connectivity index is 1.94. The van der Waals surface area contributed by atoms with Gasteiger partial charge in [-0.1, -0.05) is 19.1 Å².